The van der Waals surface area contributed by atoms with Crippen LogP contribution in [0.15, 0.2) is 31.0 Å². The molecule has 0 saturated heterocycles. The number of aromatic nitrogens is 1. The van der Waals surface area contributed by atoms with E-state index in [4.69, 9.17) is 10.2 Å². The topological polar surface area (TPSA) is 132 Å². The summed E-state index contributed by atoms with van der Waals surface area (Å²) in [5, 5.41) is 24.3. The summed E-state index contributed by atoms with van der Waals surface area (Å²) in [4.78, 5) is 37.9. The molecule has 1 aromatic carbocycles. The summed E-state index contributed by atoms with van der Waals surface area (Å²) >= 11 is 0. The summed E-state index contributed by atoms with van der Waals surface area (Å²) in [5.74, 6) is -3.95. The van der Waals surface area contributed by atoms with Crippen molar-refractivity contribution in [2.24, 2.45) is 0 Å². The summed E-state index contributed by atoms with van der Waals surface area (Å²) in [7, 11) is 0. The summed E-state index contributed by atoms with van der Waals surface area (Å²) in [6.45, 7) is 4.31. The third-order valence-corrected chi connectivity index (χ3v) is 4.52. The minimum absolute atomic E-state index is 0.100. The van der Waals surface area contributed by atoms with Gasteiger partial charge in [0.05, 0.1) is 0 Å². The quantitative estimate of drug-likeness (QED) is 0.366. The number of nitrogens with one attached hydrogen (secondary N) is 3. The Hall–Kier alpha value is -3.13. The molecule has 1 atom stereocenters. The molecule has 1 aliphatic carbocycles. The number of carboxylic acid groups (broad SMARTS) is 2. The number of aromatic amines is 1. The molecule has 136 valence electrons. The molecule has 8 heteroatoms. The summed E-state index contributed by atoms with van der Waals surface area (Å²) in [6.07, 6.45) is 5.02. The first kappa shape index (κ1) is 17.7. The summed E-state index contributed by atoms with van der Waals surface area (Å²) in [5.41, 5.74) is 3.02. The summed E-state index contributed by atoms with van der Waals surface area (Å²) < 4.78 is 0. The Bertz CT molecular complexity index is 888. The van der Waals surface area contributed by atoms with E-state index >= 15 is 0 Å². The molecular formula is C18H19N3O5. The Morgan fingerprint density at radius 2 is 2.00 bits per heavy atom. The van der Waals surface area contributed by atoms with Crippen molar-refractivity contribution in [1.82, 2.24) is 15.6 Å². The lowest BCUT2D eigenvalue weighted by molar-refractivity contribution is -0.150. The van der Waals surface area contributed by atoms with E-state index in [1.54, 1.807) is 18.2 Å². The molecule has 2 aromatic rings. The number of H-pyrrole nitrogens is 1. The maximum Gasteiger partial charge on any atom is 0.338 e. The smallest absolute Gasteiger partial charge is 0.338 e. The van der Waals surface area contributed by atoms with Crippen LogP contribution in [-0.4, -0.2) is 51.7 Å². The van der Waals surface area contributed by atoms with Crippen molar-refractivity contribution in [3.63, 3.8) is 0 Å². The minimum Gasteiger partial charge on any atom is -0.479 e. The molecule has 0 aliphatic heterocycles. The number of hydrogen-bond donors (Lipinski definition) is 5. The van der Waals surface area contributed by atoms with Gasteiger partial charge in [-0.05, 0) is 36.1 Å². The lowest BCUT2D eigenvalue weighted by Crippen LogP contribution is -2.46. The first-order valence-electron chi connectivity index (χ1n) is 8.15. The molecule has 0 saturated carbocycles. The molecule has 8 nitrogen and oxygen atoms in total. The van der Waals surface area contributed by atoms with E-state index in [2.05, 4.69) is 22.2 Å². The van der Waals surface area contributed by atoms with E-state index in [0.717, 1.165) is 28.5 Å². The number of hydrogen-bond acceptors (Lipinski definition) is 4. The molecule has 1 unspecified atom stereocenters. The van der Waals surface area contributed by atoms with E-state index in [-0.39, 0.29) is 11.6 Å². The van der Waals surface area contributed by atoms with Gasteiger partial charge in [0, 0.05) is 35.2 Å². The molecule has 1 amide bonds. The Labute approximate surface area is 148 Å². The standard InChI is InChI=1S/C18H19N3O5/c1-2-5-19-10-6-9-8-20-13-4-3-11(12(7-10)14(9)13)16(22)21-15(17(23)24)18(25)26/h2-4,8,10,15,19-20H,1,5-7H2,(H,21,22)(H,23,24)(H,25,26). The van der Waals surface area contributed by atoms with Gasteiger partial charge in [-0.2, -0.15) is 0 Å². The monoisotopic (exact) mass is 357 g/mol. The van der Waals surface area contributed by atoms with Gasteiger partial charge in [0.25, 0.3) is 5.91 Å². The second-order valence-electron chi connectivity index (χ2n) is 6.21. The molecule has 1 aliphatic rings. The van der Waals surface area contributed by atoms with E-state index < -0.39 is 23.9 Å². The van der Waals surface area contributed by atoms with Crippen LogP contribution in [0.5, 0.6) is 0 Å². The van der Waals surface area contributed by atoms with E-state index in [0.29, 0.717) is 13.0 Å². The van der Waals surface area contributed by atoms with Crippen LogP contribution >= 0.6 is 0 Å². The zero-order valence-electron chi connectivity index (χ0n) is 13.9. The van der Waals surface area contributed by atoms with Gasteiger partial charge in [-0.25, -0.2) is 9.59 Å². The number of rotatable bonds is 7. The van der Waals surface area contributed by atoms with E-state index in [9.17, 15) is 14.4 Å². The second-order valence-corrected chi connectivity index (χ2v) is 6.21. The highest BCUT2D eigenvalue weighted by atomic mass is 16.4. The average molecular weight is 357 g/mol. The van der Waals surface area contributed by atoms with Crippen LogP contribution in [0, 0.1) is 0 Å². The molecule has 0 spiro atoms. The predicted octanol–water partition coefficient (Wildman–Crippen LogP) is 0.678. The van der Waals surface area contributed by atoms with Crippen molar-refractivity contribution >= 4 is 28.7 Å². The van der Waals surface area contributed by atoms with Crippen LogP contribution in [0.2, 0.25) is 0 Å². The van der Waals surface area contributed by atoms with Crippen molar-refractivity contribution in [3.05, 3.63) is 47.7 Å². The number of carbonyl (C=O) groups excluding carboxylic acids is 1. The zero-order valence-corrected chi connectivity index (χ0v) is 13.9. The fourth-order valence-corrected chi connectivity index (χ4v) is 3.37. The van der Waals surface area contributed by atoms with Crippen LogP contribution in [0.4, 0.5) is 0 Å². The molecule has 1 aromatic heterocycles. The first-order valence-corrected chi connectivity index (χ1v) is 8.15. The molecule has 3 rings (SSSR count). The van der Waals surface area contributed by atoms with E-state index in [1.165, 1.54) is 0 Å². The van der Waals surface area contributed by atoms with Gasteiger partial charge in [0.2, 0.25) is 6.04 Å². The van der Waals surface area contributed by atoms with Gasteiger partial charge in [0.1, 0.15) is 0 Å². The van der Waals surface area contributed by atoms with Crippen molar-refractivity contribution in [2.45, 2.75) is 24.9 Å². The Morgan fingerprint density at radius 3 is 2.65 bits per heavy atom. The first-order chi connectivity index (χ1) is 12.4. The van der Waals surface area contributed by atoms with Crippen LogP contribution in [0.3, 0.4) is 0 Å². The maximum atomic E-state index is 12.6. The van der Waals surface area contributed by atoms with Gasteiger partial charge >= 0.3 is 11.9 Å². The third-order valence-electron chi connectivity index (χ3n) is 4.52. The normalized spacial score (nSPS) is 15.8. The van der Waals surface area contributed by atoms with Crippen molar-refractivity contribution in [1.29, 1.82) is 0 Å². The molecule has 0 bridgehead atoms. The van der Waals surface area contributed by atoms with Crippen molar-refractivity contribution in [2.75, 3.05) is 6.54 Å². The van der Waals surface area contributed by atoms with Crippen molar-refractivity contribution in [3.8, 4) is 0 Å². The van der Waals surface area contributed by atoms with Gasteiger partial charge in [-0.15, -0.1) is 6.58 Å². The van der Waals surface area contributed by atoms with Crippen LogP contribution in [0.1, 0.15) is 21.5 Å². The van der Waals surface area contributed by atoms with Gasteiger partial charge in [-0.1, -0.05) is 6.08 Å². The predicted molar refractivity (Wildman–Crippen MR) is 94.2 cm³/mol. The molecule has 0 radical (unpaired) electrons. The van der Waals surface area contributed by atoms with Crippen LogP contribution < -0.4 is 10.6 Å². The number of carboxylic acids is 2. The SMILES string of the molecule is C=CCNC1Cc2c[nH]c3ccc(C(=O)NC(C(=O)O)C(=O)O)c(c23)C1. The lowest BCUT2D eigenvalue weighted by atomic mass is 9.86. The highest BCUT2D eigenvalue weighted by Crippen LogP contribution is 2.32. The highest BCUT2D eigenvalue weighted by molar-refractivity contribution is 6.07. The number of aliphatic carboxylic acids is 2. The fraction of sp³-hybridized carbons (Fsp3) is 0.278. The Kier molecular flexibility index (Phi) is 4.77. The molecular weight excluding hydrogens is 338 g/mol. The van der Waals surface area contributed by atoms with Crippen molar-refractivity contribution < 1.29 is 24.6 Å². The molecule has 26 heavy (non-hydrogen) atoms. The number of benzene rings is 1. The zero-order chi connectivity index (χ0) is 18.8. The molecule has 1 heterocycles. The van der Waals surface area contributed by atoms with E-state index in [1.807, 2.05) is 6.20 Å². The number of carbonyl (C=O) groups is 3. The summed E-state index contributed by atoms with van der Waals surface area (Å²) in [6, 6.07) is 1.44. The van der Waals surface area contributed by atoms with Crippen LogP contribution in [0.25, 0.3) is 10.9 Å². The molecule has 5 N–H and O–H groups in total. The van der Waals surface area contributed by atoms with Gasteiger partial charge in [0.15, 0.2) is 0 Å². The average Bonchev–Trinajstić information content (AvgIpc) is 3.01. The fourth-order valence-electron chi connectivity index (χ4n) is 3.37. The Balaban J connectivity index is 1.96. The highest BCUT2D eigenvalue weighted by Gasteiger charge is 2.31. The van der Waals surface area contributed by atoms with Gasteiger partial charge < -0.3 is 25.8 Å². The van der Waals surface area contributed by atoms with Gasteiger partial charge in [-0.3, -0.25) is 4.79 Å². The lowest BCUT2D eigenvalue weighted by Gasteiger charge is -2.25. The minimum atomic E-state index is -1.99. The maximum absolute atomic E-state index is 12.6. The molecule has 0 fully saturated rings. The largest absolute Gasteiger partial charge is 0.479 e. The number of amides is 1. The Morgan fingerprint density at radius 1 is 1.27 bits per heavy atom. The second kappa shape index (κ2) is 7.01. The van der Waals surface area contributed by atoms with Crippen LogP contribution in [-0.2, 0) is 22.4 Å². The third kappa shape index (κ3) is 3.18.